The summed E-state index contributed by atoms with van der Waals surface area (Å²) in [6.45, 7) is 7.69. The van der Waals surface area contributed by atoms with Crippen LogP contribution in [0, 0.1) is 5.92 Å². The molecule has 1 N–H and O–H groups in total. The summed E-state index contributed by atoms with van der Waals surface area (Å²) in [5.41, 5.74) is 1.10. The molecule has 7 heteroatoms. The Morgan fingerprint density at radius 1 is 1.32 bits per heavy atom. The number of carbonyl (C=O) groups excluding carboxylic acids is 1. The number of rotatable bonds is 3. The van der Waals surface area contributed by atoms with Gasteiger partial charge in [-0.2, -0.15) is 0 Å². The molecule has 1 atom stereocenters. The molecule has 25 heavy (non-hydrogen) atoms. The van der Waals surface area contributed by atoms with Crippen molar-refractivity contribution in [3.05, 3.63) is 29.4 Å². The van der Waals surface area contributed by atoms with Crippen LogP contribution in [0.15, 0.2) is 24.3 Å². The highest BCUT2D eigenvalue weighted by Crippen LogP contribution is 2.23. The molecule has 2 aromatic rings. The van der Waals surface area contributed by atoms with Crippen molar-refractivity contribution >= 4 is 34.5 Å². The van der Waals surface area contributed by atoms with E-state index < -0.39 is 5.60 Å². The molecule has 134 valence electrons. The number of ether oxygens (including phenoxy) is 1. The highest BCUT2D eigenvalue weighted by molar-refractivity contribution is 6.32. The van der Waals surface area contributed by atoms with Crippen molar-refractivity contribution < 1.29 is 9.53 Å². The highest BCUT2D eigenvalue weighted by Gasteiger charge is 2.29. The van der Waals surface area contributed by atoms with Crippen molar-refractivity contribution in [3.8, 4) is 0 Å². The number of aromatic nitrogens is 2. The number of benzene rings is 1. The zero-order valence-electron chi connectivity index (χ0n) is 14.8. The second-order valence-corrected chi connectivity index (χ2v) is 7.67. The van der Waals surface area contributed by atoms with E-state index in [4.69, 9.17) is 16.3 Å². The lowest BCUT2D eigenvalue weighted by Crippen LogP contribution is -2.35. The van der Waals surface area contributed by atoms with Gasteiger partial charge in [0.05, 0.1) is 11.0 Å². The number of nitrogens with one attached hydrogen (secondary N) is 1. The number of fused-ring (bicyclic) bond motifs is 1. The summed E-state index contributed by atoms with van der Waals surface area (Å²) >= 11 is 6.22. The predicted octanol–water partition coefficient (Wildman–Crippen LogP) is 3.95. The number of hydrogen-bond acceptors (Lipinski definition) is 5. The molecule has 0 spiro atoms. The van der Waals surface area contributed by atoms with Crippen LogP contribution in [-0.4, -0.2) is 46.2 Å². The number of para-hydroxylation sites is 2. The van der Waals surface area contributed by atoms with Crippen molar-refractivity contribution in [3.63, 3.8) is 0 Å². The minimum Gasteiger partial charge on any atom is -0.444 e. The van der Waals surface area contributed by atoms with E-state index in [0.717, 1.165) is 17.5 Å². The molecular formula is C18H23ClN4O2. The van der Waals surface area contributed by atoms with Crippen molar-refractivity contribution in [2.24, 2.45) is 5.92 Å². The maximum absolute atomic E-state index is 12.1. The Morgan fingerprint density at radius 3 is 2.68 bits per heavy atom. The summed E-state index contributed by atoms with van der Waals surface area (Å²) in [5.74, 6) is 0.910. The molecule has 1 aromatic carbocycles. The number of likely N-dealkylation sites (tertiary alicyclic amines) is 1. The quantitative estimate of drug-likeness (QED) is 0.895. The van der Waals surface area contributed by atoms with Crippen LogP contribution in [0.2, 0.25) is 5.15 Å². The smallest absolute Gasteiger partial charge is 0.410 e. The van der Waals surface area contributed by atoms with Gasteiger partial charge in [-0.1, -0.05) is 23.7 Å². The average Bonchev–Trinajstić information content (AvgIpc) is 3.00. The normalized spacial score (nSPS) is 17.8. The lowest BCUT2D eigenvalue weighted by Gasteiger charge is -2.24. The Labute approximate surface area is 152 Å². The van der Waals surface area contributed by atoms with Gasteiger partial charge in [0.25, 0.3) is 0 Å². The SMILES string of the molecule is CC(C)(C)OC(=O)N1CC[C@H](CNc2nc3ccccc3nc2Cl)C1. The van der Waals surface area contributed by atoms with Crippen LogP contribution in [0.1, 0.15) is 27.2 Å². The van der Waals surface area contributed by atoms with E-state index >= 15 is 0 Å². The fraction of sp³-hybridized carbons (Fsp3) is 0.500. The highest BCUT2D eigenvalue weighted by atomic mass is 35.5. The summed E-state index contributed by atoms with van der Waals surface area (Å²) in [5, 5.41) is 3.63. The molecule has 1 saturated heterocycles. The molecule has 0 saturated carbocycles. The van der Waals surface area contributed by atoms with Crippen molar-refractivity contribution in [2.75, 3.05) is 25.0 Å². The fourth-order valence-corrected chi connectivity index (χ4v) is 3.02. The Hall–Kier alpha value is -2.08. The predicted molar refractivity (Wildman–Crippen MR) is 99.0 cm³/mol. The zero-order chi connectivity index (χ0) is 18.0. The monoisotopic (exact) mass is 362 g/mol. The molecule has 0 bridgehead atoms. The number of carbonyl (C=O) groups is 1. The molecule has 1 amide bonds. The summed E-state index contributed by atoms with van der Waals surface area (Å²) in [7, 11) is 0. The second kappa shape index (κ2) is 7.04. The lowest BCUT2D eigenvalue weighted by atomic mass is 10.1. The molecule has 1 aromatic heterocycles. The minimum absolute atomic E-state index is 0.251. The summed E-state index contributed by atoms with van der Waals surface area (Å²) in [6.07, 6.45) is 0.670. The number of halogens is 1. The van der Waals surface area contributed by atoms with E-state index in [2.05, 4.69) is 15.3 Å². The maximum Gasteiger partial charge on any atom is 0.410 e. The van der Waals surface area contributed by atoms with E-state index in [1.807, 2.05) is 45.0 Å². The first-order valence-electron chi connectivity index (χ1n) is 8.46. The molecule has 0 radical (unpaired) electrons. The Morgan fingerprint density at radius 2 is 2.00 bits per heavy atom. The Kier molecular flexibility index (Phi) is 4.99. The van der Waals surface area contributed by atoms with Crippen LogP contribution in [0.5, 0.6) is 0 Å². The van der Waals surface area contributed by atoms with Crippen LogP contribution < -0.4 is 5.32 Å². The third-order valence-corrected chi connectivity index (χ3v) is 4.29. The Bertz CT molecular complexity index is 775. The standard InChI is InChI=1S/C18H23ClN4O2/c1-18(2,3)25-17(24)23-9-8-12(11-23)10-20-16-15(19)21-13-6-4-5-7-14(13)22-16/h4-7,12H,8-11H2,1-3H3,(H,20,22)/t12-/m1/s1. The van der Waals surface area contributed by atoms with E-state index in [1.165, 1.54) is 0 Å². The average molecular weight is 363 g/mol. The molecule has 1 aliphatic heterocycles. The van der Waals surface area contributed by atoms with Crippen molar-refractivity contribution in [1.82, 2.24) is 14.9 Å². The first-order valence-corrected chi connectivity index (χ1v) is 8.84. The number of hydrogen-bond donors (Lipinski definition) is 1. The van der Waals surface area contributed by atoms with Crippen LogP contribution >= 0.6 is 11.6 Å². The molecule has 0 aliphatic carbocycles. The van der Waals surface area contributed by atoms with Gasteiger partial charge >= 0.3 is 6.09 Å². The third kappa shape index (κ3) is 4.51. The molecular weight excluding hydrogens is 340 g/mol. The molecule has 2 heterocycles. The molecule has 3 rings (SSSR count). The van der Waals surface area contributed by atoms with Crippen LogP contribution in [0.3, 0.4) is 0 Å². The van der Waals surface area contributed by atoms with E-state index in [9.17, 15) is 4.79 Å². The summed E-state index contributed by atoms with van der Waals surface area (Å²) < 4.78 is 5.42. The van der Waals surface area contributed by atoms with Gasteiger partial charge in [0, 0.05) is 19.6 Å². The van der Waals surface area contributed by atoms with Gasteiger partial charge in [-0.05, 0) is 45.2 Å². The van der Waals surface area contributed by atoms with Gasteiger partial charge in [-0.15, -0.1) is 0 Å². The van der Waals surface area contributed by atoms with Crippen LogP contribution in [-0.2, 0) is 4.74 Å². The van der Waals surface area contributed by atoms with E-state index in [0.29, 0.717) is 36.5 Å². The number of nitrogens with zero attached hydrogens (tertiary/aromatic N) is 3. The number of anilines is 1. The zero-order valence-corrected chi connectivity index (χ0v) is 15.5. The summed E-state index contributed by atoms with van der Waals surface area (Å²) in [6, 6.07) is 7.62. The topological polar surface area (TPSA) is 67.3 Å². The van der Waals surface area contributed by atoms with Crippen LogP contribution in [0.4, 0.5) is 10.6 Å². The number of amides is 1. The van der Waals surface area contributed by atoms with Gasteiger partial charge in [-0.3, -0.25) is 0 Å². The van der Waals surface area contributed by atoms with Gasteiger partial charge < -0.3 is 15.0 Å². The van der Waals surface area contributed by atoms with Crippen molar-refractivity contribution in [2.45, 2.75) is 32.8 Å². The largest absolute Gasteiger partial charge is 0.444 e. The molecule has 0 unspecified atom stereocenters. The van der Waals surface area contributed by atoms with Gasteiger partial charge in [-0.25, -0.2) is 14.8 Å². The maximum atomic E-state index is 12.1. The van der Waals surface area contributed by atoms with Gasteiger partial charge in [0.2, 0.25) is 0 Å². The Balaban J connectivity index is 1.58. The third-order valence-electron chi connectivity index (χ3n) is 4.02. The van der Waals surface area contributed by atoms with Gasteiger partial charge in [0.15, 0.2) is 11.0 Å². The first-order chi connectivity index (χ1) is 11.8. The van der Waals surface area contributed by atoms with Gasteiger partial charge in [0.1, 0.15) is 5.60 Å². The molecule has 1 fully saturated rings. The molecule has 6 nitrogen and oxygen atoms in total. The lowest BCUT2D eigenvalue weighted by molar-refractivity contribution is 0.0289. The van der Waals surface area contributed by atoms with Crippen molar-refractivity contribution in [1.29, 1.82) is 0 Å². The second-order valence-electron chi connectivity index (χ2n) is 7.31. The van der Waals surface area contributed by atoms with Crippen LogP contribution in [0.25, 0.3) is 11.0 Å². The van der Waals surface area contributed by atoms with E-state index in [1.54, 1.807) is 4.90 Å². The first kappa shape index (κ1) is 17.7. The van der Waals surface area contributed by atoms with E-state index in [-0.39, 0.29) is 6.09 Å². The summed E-state index contributed by atoms with van der Waals surface area (Å²) in [4.78, 5) is 22.8. The fourth-order valence-electron chi connectivity index (χ4n) is 2.82. The molecule has 1 aliphatic rings. The minimum atomic E-state index is -0.471.